The Hall–Kier alpha value is -0.570. The van der Waals surface area contributed by atoms with E-state index in [0.717, 1.165) is 0 Å². The normalized spacial score (nSPS) is 20.4. The van der Waals surface area contributed by atoms with Crippen molar-refractivity contribution < 1.29 is 0 Å². The summed E-state index contributed by atoms with van der Waals surface area (Å²) in [4.78, 5) is 0. The minimum absolute atomic E-state index is 0.677. The van der Waals surface area contributed by atoms with E-state index in [1.54, 1.807) is 0 Å². The van der Waals surface area contributed by atoms with Crippen molar-refractivity contribution in [2.24, 2.45) is 5.92 Å². The van der Waals surface area contributed by atoms with Crippen LogP contribution < -0.4 is 0 Å². The molecular weight excluding hydrogens is 108 g/mol. The van der Waals surface area contributed by atoms with Gasteiger partial charge in [0.25, 0.3) is 0 Å². The summed E-state index contributed by atoms with van der Waals surface area (Å²) >= 11 is 0. The summed E-state index contributed by atoms with van der Waals surface area (Å²) in [5, 5.41) is 0. The van der Waals surface area contributed by atoms with Crippen LogP contribution in [0.1, 0.15) is 32.1 Å². The predicted molar refractivity (Wildman–Crippen MR) is 39.7 cm³/mol. The molecule has 9 heavy (non-hydrogen) atoms. The van der Waals surface area contributed by atoms with Gasteiger partial charge in [-0.1, -0.05) is 38.0 Å². The molecule has 1 aliphatic rings. The highest BCUT2D eigenvalue weighted by molar-refractivity contribution is 5.06. The molecule has 0 heterocycles. The van der Waals surface area contributed by atoms with Crippen molar-refractivity contribution in [3.8, 4) is 11.8 Å². The topological polar surface area (TPSA) is 0 Å². The lowest BCUT2D eigenvalue weighted by atomic mass is 9.90. The summed E-state index contributed by atoms with van der Waals surface area (Å²) in [6, 6.07) is 0. The van der Waals surface area contributed by atoms with Crippen LogP contribution in [0.15, 0.2) is 0 Å². The molecular formula is C9H13-. The molecule has 0 atom stereocenters. The van der Waals surface area contributed by atoms with Gasteiger partial charge >= 0.3 is 0 Å². The van der Waals surface area contributed by atoms with Crippen LogP contribution in [0.3, 0.4) is 0 Å². The van der Waals surface area contributed by atoms with Gasteiger partial charge in [0.2, 0.25) is 0 Å². The Bertz CT molecular complexity index is 119. The van der Waals surface area contributed by atoms with Gasteiger partial charge in [-0.3, -0.25) is 5.92 Å². The number of rotatable bonds is 0. The average Bonchev–Trinajstić information content (AvgIpc) is 1.91. The van der Waals surface area contributed by atoms with Gasteiger partial charge in [-0.2, -0.15) is 6.92 Å². The van der Waals surface area contributed by atoms with Crippen molar-refractivity contribution in [1.82, 2.24) is 0 Å². The minimum Gasteiger partial charge on any atom is -0.324 e. The smallest absolute Gasteiger partial charge is 0.0533 e. The first-order chi connectivity index (χ1) is 4.43. The van der Waals surface area contributed by atoms with Crippen molar-refractivity contribution in [2.75, 3.05) is 0 Å². The zero-order valence-corrected chi connectivity index (χ0v) is 5.82. The molecule has 0 N–H and O–H groups in total. The summed E-state index contributed by atoms with van der Waals surface area (Å²) in [5.74, 6) is 6.54. The molecule has 0 amide bonds. The SMILES string of the molecule is [CH2-]C#CC1CCCCC1. The van der Waals surface area contributed by atoms with E-state index in [1.165, 1.54) is 32.1 Å². The number of hydrogen-bond acceptors (Lipinski definition) is 0. The Morgan fingerprint density at radius 1 is 1.11 bits per heavy atom. The molecule has 1 rings (SSSR count). The molecule has 0 saturated heterocycles. The number of hydrogen-bond donors (Lipinski definition) is 0. The molecule has 1 saturated carbocycles. The second-order valence-corrected chi connectivity index (χ2v) is 2.66. The molecule has 0 spiro atoms. The summed E-state index contributed by atoms with van der Waals surface area (Å²) in [6.45, 7) is 3.52. The molecule has 1 aliphatic carbocycles. The molecule has 0 radical (unpaired) electrons. The Labute approximate surface area is 57.7 Å². The van der Waals surface area contributed by atoms with E-state index in [9.17, 15) is 0 Å². The van der Waals surface area contributed by atoms with E-state index in [4.69, 9.17) is 0 Å². The third kappa shape index (κ3) is 2.01. The van der Waals surface area contributed by atoms with E-state index >= 15 is 0 Å². The van der Waals surface area contributed by atoms with Crippen LogP contribution in [0.25, 0.3) is 0 Å². The van der Waals surface area contributed by atoms with E-state index < -0.39 is 0 Å². The molecule has 0 nitrogen and oxygen atoms in total. The van der Waals surface area contributed by atoms with Crippen molar-refractivity contribution >= 4 is 0 Å². The van der Waals surface area contributed by atoms with Gasteiger partial charge in [-0.05, 0) is 0 Å². The Morgan fingerprint density at radius 3 is 2.33 bits per heavy atom. The van der Waals surface area contributed by atoms with Gasteiger partial charge in [-0.15, -0.1) is 0 Å². The Balaban J connectivity index is 2.28. The maximum absolute atomic E-state index is 3.52. The fourth-order valence-corrected chi connectivity index (χ4v) is 1.39. The van der Waals surface area contributed by atoms with Gasteiger partial charge in [-0.25, -0.2) is 0 Å². The summed E-state index contributed by atoms with van der Waals surface area (Å²) in [6.07, 6.45) is 6.78. The standard InChI is InChI=1S/C9H13/c1-2-6-9-7-4-3-5-8-9/h9H,1,3-5,7-8H2/q-1. The predicted octanol–water partition coefficient (Wildman–Crippen LogP) is 2.40. The minimum atomic E-state index is 0.677. The molecule has 50 valence electrons. The van der Waals surface area contributed by atoms with E-state index in [2.05, 4.69) is 18.8 Å². The van der Waals surface area contributed by atoms with Crippen LogP contribution in [0.2, 0.25) is 0 Å². The molecule has 0 aromatic rings. The van der Waals surface area contributed by atoms with Gasteiger partial charge < -0.3 is 5.92 Å². The quantitative estimate of drug-likeness (QED) is 0.341. The first kappa shape index (κ1) is 6.55. The second-order valence-electron chi connectivity index (χ2n) is 2.66. The van der Waals surface area contributed by atoms with E-state index in [1.807, 2.05) is 0 Å². The maximum atomic E-state index is 3.52. The van der Waals surface area contributed by atoms with Crippen LogP contribution in [-0.4, -0.2) is 0 Å². The fourth-order valence-electron chi connectivity index (χ4n) is 1.39. The monoisotopic (exact) mass is 121 g/mol. The summed E-state index contributed by atoms with van der Waals surface area (Å²) in [7, 11) is 0. The van der Waals surface area contributed by atoms with Crippen LogP contribution in [0.5, 0.6) is 0 Å². The summed E-state index contributed by atoms with van der Waals surface area (Å²) in [5.41, 5.74) is 0. The third-order valence-corrected chi connectivity index (χ3v) is 1.91. The van der Waals surface area contributed by atoms with Gasteiger partial charge in [0.15, 0.2) is 0 Å². The molecule has 0 aromatic heterocycles. The van der Waals surface area contributed by atoms with Crippen LogP contribution in [-0.2, 0) is 0 Å². The third-order valence-electron chi connectivity index (χ3n) is 1.91. The van der Waals surface area contributed by atoms with Gasteiger partial charge in [0.05, 0.1) is 0 Å². The van der Waals surface area contributed by atoms with Crippen LogP contribution in [0, 0.1) is 24.7 Å². The lowest BCUT2D eigenvalue weighted by Gasteiger charge is -2.20. The molecule has 0 aliphatic heterocycles. The largest absolute Gasteiger partial charge is 0.324 e. The molecule has 1 fully saturated rings. The van der Waals surface area contributed by atoms with Gasteiger partial charge in [0, 0.05) is 0 Å². The highest BCUT2D eigenvalue weighted by atomic mass is 14.1. The average molecular weight is 121 g/mol. The zero-order valence-electron chi connectivity index (χ0n) is 5.82. The van der Waals surface area contributed by atoms with Crippen molar-refractivity contribution in [3.63, 3.8) is 0 Å². The lowest BCUT2D eigenvalue weighted by molar-refractivity contribution is 0.430. The van der Waals surface area contributed by atoms with Crippen LogP contribution in [0.4, 0.5) is 0 Å². The first-order valence-electron chi connectivity index (χ1n) is 3.71. The molecule has 0 unspecified atom stereocenters. The Kier molecular flexibility index (Phi) is 2.51. The lowest BCUT2D eigenvalue weighted by Crippen LogP contribution is -2.02. The van der Waals surface area contributed by atoms with Crippen LogP contribution >= 0.6 is 0 Å². The van der Waals surface area contributed by atoms with E-state index in [0.29, 0.717) is 5.92 Å². The molecule has 0 bridgehead atoms. The van der Waals surface area contributed by atoms with Crippen molar-refractivity contribution in [2.45, 2.75) is 32.1 Å². The fraction of sp³-hybridized carbons (Fsp3) is 0.667. The maximum Gasteiger partial charge on any atom is -0.0533 e. The summed E-state index contributed by atoms with van der Waals surface area (Å²) < 4.78 is 0. The van der Waals surface area contributed by atoms with Gasteiger partial charge in [0.1, 0.15) is 0 Å². The highest BCUT2D eigenvalue weighted by Gasteiger charge is 2.04. The highest BCUT2D eigenvalue weighted by Crippen LogP contribution is 2.22. The first-order valence-corrected chi connectivity index (χ1v) is 3.71. The second kappa shape index (κ2) is 3.45. The van der Waals surface area contributed by atoms with E-state index in [-0.39, 0.29) is 0 Å². The zero-order chi connectivity index (χ0) is 6.53. The molecule has 0 aromatic carbocycles. The van der Waals surface area contributed by atoms with Crippen molar-refractivity contribution in [1.29, 1.82) is 0 Å². The molecule has 0 heteroatoms. The Morgan fingerprint density at radius 2 is 1.78 bits per heavy atom. The van der Waals surface area contributed by atoms with Crippen molar-refractivity contribution in [3.05, 3.63) is 6.92 Å².